The lowest BCUT2D eigenvalue weighted by Crippen LogP contribution is -2.39. The van der Waals surface area contributed by atoms with Gasteiger partial charge in [0.05, 0.1) is 17.6 Å². The van der Waals surface area contributed by atoms with Gasteiger partial charge in [-0.1, -0.05) is 24.3 Å². The summed E-state index contributed by atoms with van der Waals surface area (Å²) in [6.45, 7) is 0.454. The number of rotatable bonds is 11. The minimum atomic E-state index is -2.91. The number of nitro benzene ring substituents is 1. The van der Waals surface area contributed by atoms with Crippen LogP contribution in [0.25, 0.3) is 0 Å². The summed E-state index contributed by atoms with van der Waals surface area (Å²) in [5.74, 6) is 0.471. The Kier molecular flexibility index (Phi) is 12.2. The summed E-state index contributed by atoms with van der Waals surface area (Å²) in [5.41, 5.74) is 0.932. The highest BCUT2D eigenvalue weighted by Gasteiger charge is 2.12. The Balaban J connectivity index is 0.00000512. The minimum Gasteiger partial charge on any atom is -0.435 e. The summed E-state index contributed by atoms with van der Waals surface area (Å²) in [5, 5.41) is 30.4. The molecular weight excluding hydrogens is 539 g/mol. The van der Waals surface area contributed by atoms with E-state index in [1.807, 2.05) is 6.92 Å². The Morgan fingerprint density at radius 3 is 2.47 bits per heavy atom. The number of nitrogens with one attached hydrogen (secondary N) is 3. The molecule has 1 atom stereocenters. The molecule has 0 radical (unpaired) electrons. The number of benzene rings is 2. The number of hydrogen-bond acceptors (Lipinski definition) is 6. The van der Waals surface area contributed by atoms with Crippen LogP contribution in [0, 0.1) is 10.1 Å². The van der Waals surface area contributed by atoms with Crippen molar-refractivity contribution in [1.29, 1.82) is 0 Å². The molecule has 0 saturated heterocycles. The van der Waals surface area contributed by atoms with Crippen LogP contribution in [0.3, 0.4) is 0 Å². The van der Waals surface area contributed by atoms with E-state index >= 15 is 0 Å². The molecule has 176 valence electrons. The third-order valence-electron chi connectivity index (χ3n) is 4.09. The van der Waals surface area contributed by atoms with Crippen molar-refractivity contribution in [2.24, 2.45) is 4.99 Å². The van der Waals surface area contributed by atoms with Gasteiger partial charge < -0.3 is 25.8 Å². The third kappa shape index (κ3) is 9.18. The van der Waals surface area contributed by atoms with Crippen molar-refractivity contribution in [3.63, 3.8) is 0 Å². The summed E-state index contributed by atoms with van der Waals surface area (Å²) in [4.78, 5) is 14.9. The van der Waals surface area contributed by atoms with Gasteiger partial charge in [-0.2, -0.15) is 8.78 Å². The number of aliphatic hydroxyl groups is 1. The zero-order chi connectivity index (χ0) is 22.6. The third-order valence-corrected chi connectivity index (χ3v) is 4.09. The molecule has 0 bridgehead atoms. The van der Waals surface area contributed by atoms with Gasteiger partial charge in [0.25, 0.3) is 5.69 Å². The number of halogens is 3. The Labute approximate surface area is 201 Å². The number of para-hydroxylation sites is 2. The van der Waals surface area contributed by atoms with E-state index in [9.17, 15) is 24.0 Å². The highest BCUT2D eigenvalue weighted by Crippen LogP contribution is 2.22. The zero-order valence-electron chi connectivity index (χ0n) is 17.3. The van der Waals surface area contributed by atoms with Crippen molar-refractivity contribution in [3.05, 3.63) is 64.2 Å². The molecule has 2 aromatic carbocycles. The van der Waals surface area contributed by atoms with Gasteiger partial charge in [0, 0.05) is 25.7 Å². The van der Waals surface area contributed by atoms with Crippen LogP contribution in [0.5, 0.6) is 5.75 Å². The molecule has 0 fully saturated rings. The molecule has 4 N–H and O–H groups in total. The number of anilines is 1. The van der Waals surface area contributed by atoms with E-state index in [1.54, 1.807) is 18.2 Å². The molecule has 9 nitrogen and oxygen atoms in total. The Morgan fingerprint density at radius 2 is 1.84 bits per heavy atom. The molecule has 2 rings (SSSR count). The first-order valence-corrected chi connectivity index (χ1v) is 9.63. The molecule has 32 heavy (non-hydrogen) atoms. The van der Waals surface area contributed by atoms with E-state index in [0.717, 1.165) is 0 Å². The minimum absolute atomic E-state index is 0. The molecule has 0 aliphatic rings. The van der Waals surface area contributed by atoms with Crippen molar-refractivity contribution in [1.82, 2.24) is 10.6 Å². The lowest BCUT2D eigenvalue weighted by molar-refractivity contribution is -0.384. The second-order valence-corrected chi connectivity index (χ2v) is 6.31. The summed E-state index contributed by atoms with van der Waals surface area (Å²) >= 11 is 0. The predicted octanol–water partition coefficient (Wildman–Crippen LogP) is 3.51. The van der Waals surface area contributed by atoms with Crippen LogP contribution in [0.4, 0.5) is 20.2 Å². The van der Waals surface area contributed by atoms with E-state index in [-0.39, 0.29) is 42.0 Å². The SMILES string of the molecule is CCNC(=NCC(O)c1ccc(OC(F)F)cc1)NCCNc1ccccc1[N+](=O)[O-].I. The average Bonchev–Trinajstić information content (AvgIpc) is 2.75. The Morgan fingerprint density at radius 1 is 1.16 bits per heavy atom. The fourth-order valence-corrected chi connectivity index (χ4v) is 2.66. The Bertz CT molecular complexity index is 871. The molecule has 1 unspecified atom stereocenters. The first-order valence-electron chi connectivity index (χ1n) is 9.63. The van der Waals surface area contributed by atoms with Crippen LogP contribution in [0.2, 0.25) is 0 Å². The molecule has 2 aromatic rings. The monoisotopic (exact) mass is 565 g/mol. The second-order valence-electron chi connectivity index (χ2n) is 6.31. The zero-order valence-corrected chi connectivity index (χ0v) is 19.7. The fraction of sp³-hybridized carbons (Fsp3) is 0.350. The largest absolute Gasteiger partial charge is 0.435 e. The van der Waals surface area contributed by atoms with E-state index < -0.39 is 17.6 Å². The smallest absolute Gasteiger partial charge is 0.387 e. The summed E-state index contributed by atoms with van der Waals surface area (Å²) < 4.78 is 28.7. The lowest BCUT2D eigenvalue weighted by atomic mass is 10.1. The van der Waals surface area contributed by atoms with Crippen LogP contribution in [-0.4, -0.2) is 48.8 Å². The van der Waals surface area contributed by atoms with Gasteiger partial charge in [-0.3, -0.25) is 15.1 Å². The highest BCUT2D eigenvalue weighted by molar-refractivity contribution is 14.0. The van der Waals surface area contributed by atoms with Crippen LogP contribution >= 0.6 is 24.0 Å². The molecule has 0 amide bonds. The number of guanidine groups is 1. The maximum absolute atomic E-state index is 12.2. The van der Waals surface area contributed by atoms with Gasteiger partial charge in [-0.15, -0.1) is 24.0 Å². The summed E-state index contributed by atoms with van der Waals surface area (Å²) in [6, 6.07) is 12.1. The molecular formula is C20H26F2IN5O4. The van der Waals surface area contributed by atoms with Crippen LogP contribution < -0.4 is 20.7 Å². The van der Waals surface area contributed by atoms with E-state index in [4.69, 9.17) is 0 Å². The highest BCUT2D eigenvalue weighted by atomic mass is 127. The fourth-order valence-electron chi connectivity index (χ4n) is 2.66. The van der Waals surface area contributed by atoms with E-state index in [2.05, 4.69) is 25.7 Å². The molecule has 0 aromatic heterocycles. The molecule has 0 aliphatic carbocycles. The predicted molar refractivity (Wildman–Crippen MR) is 129 cm³/mol. The number of ether oxygens (including phenoxy) is 1. The number of aliphatic hydroxyl groups excluding tert-OH is 1. The normalized spacial score (nSPS) is 12.0. The van der Waals surface area contributed by atoms with Crippen molar-refractivity contribution in [2.75, 3.05) is 31.5 Å². The molecule has 0 saturated carbocycles. The summed E-state index contributed by atoms with van der Waals surface area (Å²) in [6.07, 6.45) is -0.929. The van der Waals surface area contributed by atoms with Crippen molar-refractivity contribution in [3.8, 4) is 5.75 Å². The van der Waals surface area contributed by atoms with Gasteiger partial charge in [0.2, 0.25) is 0 Å². The van der Waals surface area contributed by atoms with Gasteiger partial charge in [0.1, 0.15) is 11.4 Å². The van der Waals surface area contributed by atoms with Gasteiger partial charge in [0.15, 0.2) is 5.96 Å². The van der Waals surface area contributed by atoms with Crippen molar-refractivity contribution >= 4 is 41.3 Å². The van der Waals surface area contributed by atoms with Gasteiger partial charge >= 0.3 is 6.61 Å². The number of alkyl halides is 2. The van der Waals surface area contributed by atoms with E-state index in [1.165, 1.54) is 30.3 Å². The number of aliphatic imine (C=N–C) groups is 1. The van der Waals surface area contributed by atoms with Crippen LogP contribution in [0.15, 0.2) is 53.5 Å². The maximum atomic E-state index is 12.2. The first kappa shape index (κ1) is 27.3. The van der Waals surface area contributed by atoms with E-state index in [0.29, 0.717) is 36.8 Å². The average molecular weight is 565 g/mol. The standard InChI is InChI=1S/C20H25F2N5O4.HI/c1-2-23-20(25-12-11-24-16-5-3-4-6-17(16)27(29)30)26-13-18(28)14-7-9-15(10-8-14)31-19(21)22;/h3-10,18-19,24,28H,2,11-13H2,1H3,(H2,23,25,26);1H. The lowest BCUT2D eigenvalue weighted by Gasteiger charge is -2.14. The van der Waals surface area contributed by atoms with Gasteiger partial charge in [-0.05, 0) is 30.7 Å². The molecule has 0 heterocycles. The molecule has 12 heteroatoms. The van der Waals surface area contributed by atoms with Crippen molar-refractivity contribution in [2.45, 2.75) is 19.6 Å². The Hall–Kier alpha value is -2.74. The number of hydrogen-bond donors (Lipinski definition) is 4. The number of nitrogens with zero attached hydrogens (tertiary/aromatic N) is 2. The topological polar surface area (TPSA) is 121 Å². The first-order chi connectivity index (χ1) is 14.9. The molecule has 0 aliphatic heterocycles. The molecule has 0 spiro atoms. The maximum Gasteiger partial charge on any atom is 0.387 e. The summed E-state index contributed by atoms with van der Waals surface area (Å²) in [7, 11) is 0. The number of nitro groups is 1. The quantitative estimate of drug-likeness (QED) is 0.0822. The van der Waals surface area contributed by atoms with Crippen molar-refractivity contribution < 1.29 is 23.5 Å². The second kappa shape index (κ2) is 14.3. The van der Waals surface area contributed by atoms with Crippen LogP contribution in [0.1, 0.15) is 18.6 Å². The van der Waals surface area contributed by atoms with Crippen LogP contribution in [-0.2, 0) is 0 Å². The van der Waals surface area contributed by atoms with Gasteiger partial charge in [-0.25, -0.2) is 0 Å².